The number of likely N-dealkylation sites (N-methyl/N-ethyl adjacent to an activating group) is 1. The van der Waals surface area contributed by atoms with Crippen LogP contribution in [0.2, 0.25) is 10.0 Å². The molecule has 1 atom stereocenters. The largest absolute Gasteiger partial charge is 0.365 e. The molecule has 1 aliphatic rings. The molecular weight excluding hydrogens is 481 g/mol. The molecule has 4 aromatic rings. The molecule has 7 heteroatoms. The van der Waals surface area contributed by atoms with Crippen molar-refractivity contribution in [3.8, 4) is 0 Å². The van der Waals surface area contributed by atoms with E-state index < -0.39 is 10.9 Å². The molecule has 35 heavy (non-hydrogen) atoms. The minimum Gasteiger partial charge on any atom is -0.365 e. The van der Waals surface area contributed by atoms with Crippen molar-refractivity contribution in [2.45, 2.75) is 19.0 Å². The molecule has 0 spiro atoms. The first-order valence-corrected chi connectivity index (χ1v) is 12.2. The number of anilines is 3. The fraction of sp³-hybridized carbons (Fsp3) is 0.214. The van der Waals surface area contributed by atoms with Gasteiger partial charge in [0.15, 0.2) is 0 Å². The molecule has 1 unspecified atom stereocenters. The maximum atomic E-state index is 12.4. The average Bonchev–Trinajstić information content (AvgIpc) is 2.84. The third-order valence-corrected chi connectivity index (χ3v) is 7.16. The van der Waals surface area contributed by atoms with Crippen molar-refractivity contribution in [3.05, 3.63) is 119 Å². The Morgan fingerprint density at radius 2 is 1.71 bits per heavy atom. The van der Waals surface area contributed by atoms with Crippen molar-refractivity contribution in [2.24, 2.45) is 0 Å². The first-order valence-electron chi connectivity index (χ1n) is 11.4. The summed E-state index contributed by atoms with van der Waals surface area (Å²) < 4.78 is 0. The molecule has 0 bridgehead atoms. The lowest BCUT2D eigenvalue weighted by atomic mass is 9.84. The maximum Gasteiger partial charge on any atom is 0.253 e. The smallest absolute Gasteiger partial charge is 0.253 e. The molecule has 5 nitrogen and oxygen atoms in total. The van der Waals surface area contributed by atoms with Gasteiger partial charge in [-0.25, -0.2) is 0 Å². The fourth-order valence-corrected chi connectivity index (χ4v) is 5.44. The van der Waals surface area contributed by atoms with Crippen molar-refractivity contribution >= 4 is 40.3 Å². The standard InChI is InChI=1S/C28H25Cl2N3O2/c1-32-15-22(21-12-19(29)13-24(30)23(21)16-32)18-8-10-20(11-9-18)31-25-26(28(35)27(25)34)33(2)14-17-6-4-3-5-7-17/h3-13,22,31H,14-16H2,1-2H3. The van der Waals surface area contributed by atoms with E-state index in [1.54, 1.807) is 6.07 Å². The summed E-state index contributed by atoms with van der Waals surface area (Å²) in [5.74, 6) is 0.132. The lowest BCUT2D eigenvalue weighted by molar-refractivity contribution is 0.295. The SMILES string of the molecule is CN1Cc2c(Cl)cc(Cl)cc2C(c2ccc(Nc3c(N(C)Cc4ccccc4)c(=O)c3=O)cc2)C1. The van der Waals surface area contributed by atoms with E-state index in [1.165, 1.54) is 0 Å². The molecule has 0 fully saturated rings. The summed E-state index contributed by atoms with van der Waals surface area (Å²) in [5.41, 5.74) is 5.00. The summed E-state index contributed by atoms with van der Waals surface area (Å²) in [4.78, 5) is 28.8. The minimum absolute atomic E-state index is 0.132. The van der Waals surface area contributed by atoms with E-state index in [-0.39, 0.29) is 5.92 Å². The molecule has 1 aliphatic heterocycles. The van der Waals surface area contributed by atoms with Crippen LogP contribution in [0.3, 0.4) is 0 Å². The topological polar surface area (TPSA) is 52.6 Å². The number of benzene rings is 3. The predicted molar refractivity (Wildman–Crippen MR) is 144 cm³/mol. The van der Waals surface area contributed by atoms with Gasteiger partial charge in [0.2, 0.25) is 0 Å². The van der Waals surface area contributed by atoms with E-state index in [4.69, 9.17) is 23.2 Å². The van der Waals surface area contributed by atoms with Crippen molar-refractivity contribution in [1.82, 2.24) is 4.90 Å². The minimum atomic E-state index is -0.490. The van der Waals surface area contributed by atoms with E-state index in [0.717, 1.165) is 41.0 Å². The second-order valence-electron chi connectivity index (χ2n) is 9.18. The molecular formula is C28H25Cl2N3O2. The maximum absolute atomic E-state index is 12.4. The third kappa shape index (κ3) is 4.59. The number of fused-ring (bicyclic) bond motifs is 1. The van der Waals surface area contributed by atoms with Gasteiger partial charge in [-0.3, -0.25) is 9.59 Å². The molecule has 0 saturated carbocycles. The van der Waals surface area contributed by atoms with E-state index in [9.17, 15) is 9.59 Å². The van der Waals surface area contributed by atoms with Crippen LogP contribution in [-0.4, -0.2) is 25.5 Å². The molecule has 178 valence electrons. The number of nitrogens with zero attached hydrogens (tertiary/aromatic N) is 2. The van der Waals surface area contributed by atoms with Crippen LogP contribution in [0, 0.1) is 0 Å². The van der Waals surface area contributed by atoms with Gasteiger partial charge in [-0.15, -0.1) is 0 Å². The number of rotatable bonds is 6. The van der Waals surface area contributed by atoms with Crippen LogP contribution in [0.1, 0.15) is 28.2 Å². The zero-order chi connectivity index (χ0) is 24.7. The Kier molecular flexibility index (Phi) is 6.41. The lowest BCUT2D eigenvalue weighted by Gasteiger charge is -2.33. The van der Waals surface area contributed by atoms with Gasteiger partial charge in [-0.05, 0) is 53.6 Å². The Labute approximate surface area is 214 Å². The third-order valence-electron chi connectivity index (χ3n) is 6.60. The van der Waals surface area contributed by atoms with Gasteiger partial charge in [-0.1, -0.05) is 65.7 Å². The fourth-order valence-electron chi connectivity index (χ4n) is 4.87. The van der Waals surface area contributed by atoms with Gasteiger partial charge in [0.25, 0.3) is 10.9 Å². The highest BCUT2D eigenvalue weighted by Crippen LogP contribution is 2.38. The second kappa shape index (κ2) is 9.50. The van der Waals surface area contributed by atoms with Crippen LogP contribution < -0.4 is 21.1 Å². The van der Waals surface area contributed by atoms with Gasteiger partial charge >= 0.3 is 0 Å². The van der Waals surface area contributed by atoms with E-state index in [0.29, 0.717) is 28.0 Å². The molecule has 1 heterocycles. The first kappa shape index (κ1) is 23.6. The highest BCUT2D eigenvalue weighted by molar-refractivity contribution is 6.35. The summed E-state index contributed by atoms with van der Waals surface area (Å²) in [7, 11) is 3.90. The van der Waals surface area contributed by atoms with Crippen LogP contribution in [0.15, 0.2) is 76.3 Å². The van der Waals surface area contributed by atoms with Gasteiger partial charge in [0, 0.05) is 48.3 Å². The summed E-state index contributed by atoms with van der Waals surface area (Å²) in [6, 6.07) is 21.6. The summed E-state index contributed by atoms with van der Waals surface area (Å²) in [6.45, 7) is 2.17. The molecule has 0 radical (unpaired) electrons. The van der Waals surface area contributed by atoms with Crippen molar-refractivity contribution < 1.29 is 0 Å². The van der Waals surface area contributed by atoms with Gasteiger partial charge in [-0.2, -0.15) is 0 Å². The first-order chi connectivity index (χ1) is 16.8. The summed E-state index contributed by atoms with van der Waals surface area (Å²) in [6.07, 6.45) is 0. The van der Waals surface area contributed by atoms with Crippen LogP contribution in [-0.2, 0) is 13.1 Å². The van der Waals surface area contributed by atoms with E-state index >= 15 is 0 Å². The highest BCUT2D eigenvalue weighted by atomic mass is 35.5. The molecule has 4 aromatic carbocycles. The Morgan fingerprint density at radius 3 is 2.43 bits per heavy atom. The molecule has 0 amide bonds. The molecule has 1 N–H and O–H groups in total. The van der Waals surface area contributed by atoms with Crippen molar-refractivity contribution in [2.75, 3.05) is 30.9 Å². The van der Waals surface area contributed by atoms with Crippen molar-refractivity contribution in [3.63, 3.8) is 0 Å². The zero-order valence-corrected chi connectivity index (χ0v) is 21.0. The Morgan fingerprint density at radius 1 is 1.00 bits per heavy atom. The number of hydrogen-bond donors (Lipinski definition) is 1. The molecule has 0 saturated heterocycles. The average molecular weight is 506 g/mol. The Bertz CT molecular complexity index is 1440. The van der Waals surface area contributed by atoms with Crippen LogP contribution >= 0.6 is 23.2 Å². The monoisotopic (exact) mass is 505 g/mol. The molecule has 0 aliphatic carbocycles. The second-order valence-corrected chi connectivity index (χ2v) is 10.0. The van der Waals surface area contributed by atoms with Crippen LogP contribution in [0.25, 0.3) is 0 Å². The number of nitrogens with one attached hydrogen (secondary N) is 1. The zero-order valence-electron chi connectivity index (χ0n) is 19.5. The van der Waals surface area contributed by atoms with Crippen molar-refractivity contribution in [1.29, 1.82) is 0 Å². The van der Waals surface area contributed by atoms with Crippen LogP contribution in [0.5, 0.6) is 0 Å². The summed E-state index contributed by atoms with van der Waals surface area (Å²) >= 11 is 12.8. The predicted octanol–water partition coefficient (Wildman–Crippen LogP) is 5.55. The highest BCUT2D eigenvalue weighted by Gasteiger charge is 2.28. The normalized spacial score (nSPS) is 15.7. The Balaban J connectivity index is 1.38. The van der Waals surface area contributed by atoms with Gasteiger partial charge in [0.05, 0.1) is 0 Å². The van der Waals surface area contributed by atoms with Gasteiger partial charge in [0.1, 0.15) is 11.4 Å². The lowest BCUT2D eigenvalue weighted by Crippen LogP contribution is -2.40. The quantitative estimate of drug-likeness (QED) is 0.348. The molecule has 5 rings (SSSR count). The summed E-state index contributed by atoms with van der Waals surface area (Å²) in [5, 5.41) is 4.49. The van der Waals surface area contributed by atoms with Crippen LogP contribution in [0.4, 0.5) is 17.1 Å². The number of hydrogen-bond acceptors (Lipinski definition) is 5. The van der Waals surface area contributed by atoms with E-state index in [1.807, 2.05) is 72.6 Å². The van der Waals surface area contributed by atoms with E-state index in [2.05, 4.69) is 17.3 Å². The van der Waals surface area contributed by atoms with Gasteiger partial charge < -0.3 is 15.1 Å². The molecule has 0 aromatic heterocycles. The Hall–Kier alpha value is -3.12. The number of halogens is 2.